The van der Waals surface area contributed by atoms with Gasteiger partial charge in [-0.1, -0.05) is 6.07 Å². The van der Waals surface area contributed by atoms with Crippen LogP contribution >= 0.6 is 0 Å². The number of nitrogens with zero attached hydrogens (tertiary/aromatic N) is 2. The molecule has 2 aliphatic rings. The van der Waals surface area contributed by atoms with Crippen LogP contribution in [0, 0.1) is 18.6 Å². The van der Waals surface area contributed by atoms with Gasteiger partial charge in [0.05, 0.1) is 18.8 Å². The molecule has 2 aromatic rings. The standard InChI is InChI=1S/C23H25F2N3O6/c1-13-16(24)4-3-14(17(13)25)9-26-21(31)15-10-27-11-23(5-7-34-12-23)28(6-8-33-2)22(32)18(27)20(30)19(15)29/h3-4,10,30H,5-9,11-12H2,1-2H3,(H,26,31). The van der Waals surface area contributed by atoms with Crippen LogP contribution in [0.15, 0.2) is 23.1 Å². The van der Waals surface area contributed by atoms with E-state index in [9.17, 15) is 28.3 Å². The zero-order valence-corrected chi connectivity index (χ0v) is 18.8. The first-order valence-electron chi connectivity index (χ1n) is 10.8. The van der Waals surface area contributed by atoms with E-state index in [0.29, 0.717) is 13.0 Å². The first kappa shape index (κ1) is 23.8. The number of pyridine rings is 1. The molecule has 0 aliphatic carbocycles. The van der Waals surface area contributed by atoms with Crippen LogP contribution in [-0.4, -0.2) is 65.4 Å². The number of ether oxygens (including phenoxy) is 2. The average molecular weight is 477 g/mol. The number of methoxy groups -OCH3 is 1. The third kappa shape index (κ3) is 3.94. The molecule has 2 aliphatic heterocycles. The zero-order valence-electron chi connectivity index (χ0n) is 18.8. The van der Waals surface area contributed by atoms with Crippen LogP contribution in [0.1, 0.15) is 38.4 Å². The van der Waals surface area contributed by atoms with E-state index in [0.717, 1.165) is 6.07 Å². The number of amides is 2. The molecule has 182 valence electrons. The van der Waals surface area contributed by atoms with Gasteiger partial charge in [-0.05, 0) is 19.4 Å². The number of fused-ring (bicyclic) bond motifs is 1. The van der Waals surface area contributed by atoms with Crippen LogP contribution in [0.5, 0.6) is 5.75 Å². The Bertz CT molecular complexity index is 1210. The molecular weight excluding hydrogens is 452 g/mol. The molecule has 1 saturated heterocycles. The van der Waals surface area contributed by atoms with Gasteiger partial charge >= 0.3 is 0 Å². The van der Waals surface area contributed by atoms with Gasteiger partial charge in [-0.2, -0.15) is 0 Å². The second kappa shape index (κ2) is 9.15. The molecule has 1 aromatic heterocycles. The summed E-state index contributed by atoms with van der Waals surface area (Å²) in [4.78, 5) is 40.4. The molecule has 4 rings (SSSR count). The summed E-state index contributed by atoms with van der Waals surface area (Å²) in [6.45, 7) is 2.40. The summed E-state index contributed by atoms with van der Waals surface area (Å²) in [5, 5.41) is 13.0. The molecule has 0 saturated carbocycles. The van der Waals surface area contributed by atoms with E-state index in [4.69, 9.17) is 9.47 Å². The molecule has 3 heterocycles. The number of benzene rings is 1. The Kier molecular flexibility index (Phi) is 6.41. The van der Waals surface area contributed by atoms with Gasteiger partial charge in [-0.3, -0.25) is 14.4 Å². The molecule has 2 N–H and O–H groups in total. The lowest BCUT2D eigenvalue weighted by Gasteiger charge is -2.45. The quantitative estimate of drug-likeness (QED) is 0.650. The zero-order chi connectivity index (χ0) is 24.6. The van der Waals surface area contributed by atoms with Crippen molar-refractivity contribution in [3.05, 3.63) is 62.6 Å². The Morgan fingerprint density at radius 2 is 2.09 bits per heavy atom. The predicted octanol–water partition coefficient (Wildman–Crippen LogP) is 1.33. The van der Waals surface area contributed by atoms with Crippen LogP contribution in [0.4, 0.5) is 8.78 Å². The van der Waals surface area contributed by atoms with Crippen LogP contribution in [0.25, 0.3) is 0 Å². The smallest absolute Gasteiger partial charge is 0.275 e. The fraction of sp³-hybridized carbons (Fsp3) is 0.435. The number of nitrogens with one attached hydrogen (secondary N) is 1. The lowest BCUT2D eigenvalue weighted by Crippen LogP contribution is -2.60. The number of hydrogen-bond donors (Lipinski definition) is 2. The van der Waals surface area contributed by atoms with Crippen molar-refractivity contribution < 1.29 is 33.0 Å². The summed E-state index contributed by atoms with van der Waals surface area (Å²) in [5.74, 6) is -3.76. The van der Waals surface area contributed by atoms with Crippen molar-refractivity contribution in [2.24, 2.45) is 0 Å². The maximum Gasteiger partial charge on any atom is 0.275 e. The summed E-state index contributed by atoms with van der Waals surface area (Å²) in [7, 11) is 1.51. The summed E-state index contributed by atoms with van der Waals surface area (Å²) >= 11 is 0. The maximum absolute atomic E-state index is 14.3. The molecule has 1 fully saturated rings. The minimum absolute atomic E-state index is 0.0422. The third-order valence-electron chi connectivity index (χ3n) is 6.43. The SMILES string of the molecule is COCCN1C(=O)c2c(O)c(=O)c(C(=O)NCc3ccc(F)c(C)c3F)cn2CC12CCOC2. The summed E-state index contributed by atoms with van der Waals surface area (Å²) < 4.78 is 39.8. The highest BCUT2D eigenvalue weighted by atomic mass is 19.1. The number of rotatable bonds is 6. The van der Waals surface area contributed by atoms with Crippen molar-refractivity contribution in [3.63, 3.8) is 0 Å². The summed E-state index contributed by atoms with van der Waals surface area (Å²) in [6.07, 6.45) is 1.77. The van der Waals surface area contributed by atoms with Crippen molar-refractivity contribution in [2.75, 3.05) is 33.5 Å². The molecule has 1 aromatic carbocycles. The molecule has 1 atom stereocenters. The largest absolute Gasteiger partial charge is 0.503 e. The Labute approximate surface area is 193 Å². The molecule has 11 heteroatoms. The highest BCUT2D eigenvalue weighted by molar-refractivity contribution is 5.99. The second-order valence-electron chi connectivity index (χ2n) is 8.50. The van der Waals surface area contributed by atoms with Gasteiger partial charge in [0.25, 0.3) is 11.8 Å². The van der Waals surface area contributed by atoms with Crippen LogP contribution in [-0.2, 0) is 22.6 Å². The third-order valence-corrected chi connectivity index (χ3v) is 6.43. The molecule has 2 amide bonds. The van der Waals surface area contributed by atoms with E-state index in [1.807, 2.05) is 0 Å². The maximum atomic E-state index is 14.3. The number of aromatic nitrogens is 1. The van der Waals surface area contributed by atoms with E-state index in [1.54, 1.807) is 4.90 Å². The van der Waals surface area contributed by atoms with Gasteiger partial charge in [-0.25, -0.2) is 8.78 Å². The van der Waals surface area contributed by atoms with Gasteiger partial charge in [0.1, 0.15) is 17.2 Å². The van der Waals surface area contributed by atoms with Crippen LogP contribution < -0.4 is 10.7 Å². The molecule has 0 bridgehead atoms. The monoisotopic (exact) mass is 477 g/mol. The highest BCUT2D eigenvalue weighted by Crippen LogP contribution is 2.35. The Morgan fingerprint density at radius 1 is 1.32 bits per heavy atom. The van der Waals surface area contributed by atoms with E-state index in [1.165, 1.54) is 30.9 Å². The van der Waals surface area contributed by atoms with E-state index in [2.05, 4.69) is 5.32 Å². The van der Waals surface area contributed by atoms with E-state index >= 15 is 0 Å². The lowest BCUT2D eigenvalue weighted by molar-refractivity contribution is 0.0140. The van der Waals surface area contributed by atoms with E-state index < -0.39 is 45.7 Å². The number of halogens is 2. The molecule has 0 radical (unpaired) electrons. The van der Waals surface area contributed by atoms with Crippen molar-refractivity contribution >= 4 is 11.8 Å². The van der Waals surface area contributed by atoms with Gasteiger partial charge in [0.2, 0.25) is 5.43 Å². The summed E-state index contributed by atoms with van der Waals surface area (Å²) in [5.41, 5.74) is -2.47. The van der Waals surface area contributed by atoms with Gasteiger partial charge in [0.15, 0.2) is 11.4 Å². The molecule has 9 nitrogen and oxygen atoms in total. The topological polar surface area (TPSA) is 110 Å². The van der Waals surface area contributed by atoms with Crippen LogP contribution in [0.3, 0.4) is 0 Å². The Balaban J connectivity index is 1.65. The second-order valence-corrected chi connectivity index (χ2v) is 8.50. The van der Waals surface area contributed by atoms with Gasteiger partial charge < -0.3 is 29.4 Å². The number of carbonyl (C=O) groups is 2. The normalized spacial score (nSPS) is 19.5. The van der Waals surface area contributed by atoms with Crippen molar-refractivity contribution in [1.82, 2.24) is 14.8 Å². The fourth-order valence-corrected chi connectivity index (χ4v) is 4.49. The molecule has 1 spiro atoms. The molecule has 1 unspecified atom stereocenters. The number of carbonyl (C=O) groups excluding carboxylic acids is 2. The van der Waals surface area contributed by atoms with E-state index in [-0.39, 0.29) is 49.7 Å². The van der Waals surface area contributed by atoms with Crippen molar-refractivity contribution in [2.45, 2.75) is 32.0 Å². The average Bonchev–Trinajstić information content (AvgIpc) is 3.27. The predicted molar refractivity (Wildman–Crippen MR) is 116 cm³/mol. The Hall–Kier alpha value is -3.31. The highest BCUT2D eigenvalue weighted by Gasteiger charge is 2.48. The van der Waals surface area contributed by atoms with Crippen molar-refractivity contribution in [3.8, 4) is 5.75 Å². The first-order valence-corrected chi connectivity index (χ1v) is 10.8. The van der Waals surface area contributed by atoms with Crippen molar-refractivity contribution in [1.29, 1.82) is 0 Å². The Morgan fingerprint density at radius 3 is 2.76 bits per heavy atom. The minimum atomic E-state index is -1.02. The lowest BCUT2D eigenvalue weighted by atomic mass is 9.92. The first-order chi connectivity index (χ1) is 16.2. The minimum Gasteiger partial charge on any atom is -0.503 e. The number of aromatic hydroxyl groups is 1. The fourth-order valence-electron chi connectivity index (χ4n) is 4.49. The molecule has 34 heavy (non-hydrogen) atoms. The van der Waals surface area contributed by atoms with Crippen LogP contribution in [0.2, 0.25) is 0 Å². The van der Waals surface area contributed by atoms with Gasteiger partial charge in [0, 0.05) is 50.7 Å². The number of hydrogen-bond acceptors (Lipinski definition) is 6. The van der Waals surface area contributed by atoms with Gasteiger partial charge in [-0.15, -0.1) is 0 Å². The summed E-state index contributed by atoms with van der Waals surface area (Å²) in [6, 6.07) is 2.29. The molecular formula is C23H25F2N3O6.